The lowest BCUT2D eigenvalue weighted by Crippen LogP contribution is -2.35. The van der Waals surface area contributed by atoms with Crippen LogP contribution in [0, 0.1) is 0 Å². The standard InChI is InChI=1S/C26H25N3O3S/c30-24(29-17-14-19-8-4-6-12-22(19)29)18-33-23-13-7-5-11-21(23)26(32)28-16-15-27-25(31)20-9-2-1-3-10-20/h1-13H,14-18H2,(H,27,31)(H,28,32). The number of fused-ring (bicyclic) bond motifs is 1. The average molecular weight is 460 g/mol. The molecule has 0 saturated heterocycles. The summed E-state index contributed by atoms with van der Waals surface area (Å²) in [7, 11) is 0. The van der Waals surface area contributed by atoms with Crippen LogP contribution in [-0.4, -0.2) is 43.1 Å². The Bertz CT molecular complexity index is 1150. The van der Waals surface area contributed by atoms with Gasteiger partial charge in [0, 0.05) is 35.8 Å². The first-order valence-corrected chi connectivity index (χ1v) is 11.8. The Balaban J connectivity index is 1.28. The number of para-hydroxylation sites is 1. The zero-order valence-corrected chi connectivity index (χ0v) is 18.9. The smallest absolute Gasteiger partial charge is 0.252 e. The van der Waals surface area contributed by atoms with Crippen molar-refractivity contribution in [2.45, 2.75) is 11.3 Å². The maximum absolute atomic E-state index is 12.8. The van der Waals surface area contributed by atoms with Crippen molar-refractivity contribution in [1.82, 2.24) is 10.6 Å². The summed E-state index contributed by atoms with van der Waals surface area (Å²) in [5.74, 6) is -0.121. The van der Waals surface area contributed by atoms with Crippen molar-refractivity contribution in [2.24, 2.45) is 0 Å². The van der Waals surface area contributed by atoms with Crippen LogP contribution in [-0.2, 0) is 11.2 Å². The van der Waals surface area contributed by atoms with E-state index < -0.39 is 0 Å². The van der Waals surface area contributed by atoms with E-state index in [0.29, 0.717) is 30.8 Å². The van der Waals surface area contributed by atoms with Gasteiger partial charge in [-0.3, -0.25) is 14.4 Å². The van der Waals surface area contributed by atoms with E-state index in [9.17, 15) is 14.4 Å². The van der Waals surface area contributed by atoms with Gasteiger partial charge in [0.05, 0.1) is 11.3 Å². The topological polar surface area (TPSA) is 78.5 Å². The second kappa shape index (κ2) is 10.8. The number of nitrogens with one attached hydrogen (secondary N) is 2. The molecule has 0 bridgehead atoms. The quantitative estimate of drug-likeness (QED) is 0.399. The Morgan fingerprint density at radius 1 is 0.788 bits per heavy atom. The summed E-state index contributed by atoms with van der Waals surface area (Å²) in [5.41, 5.74) is 3.27. The molecular weight excluding hydrogens is 434 g/mol. The van der Waals surface area contributed by atoms with Gasteiger partial charge in [-0.25, -0.2) is 0 Å². The van der Waals surface area contributed by atoms with Crippen LogP contribution in [0.3, 0.4) is 0 Å². The van der Waals surface area contributed by atoms with Crippen molar-refractivity contribution in [3.05, 3.63) is 95.6 Å². The van der Waals surface area contributed by atoms with Gasteiger partial charge in [0.15, 0.2) is 0 Å². The number of hydrogen-bond donors (Lipinski definition) is 2. The molecule has 0 aliphatic carbocycles. The highest BCUT2D eigenvalue weighted by molar-refractivity contribution is 8.00. The van der Waals surface area contributed by atoms with Crippen LogP contribution in [0.2, 0.25) is 0 Å². The van der Waals surface area contributed by atoms with E-state index in [1.165, 1.54) is 17.3 Å². The minimum absolute atomic E-state index is 0.0313. The summed E-state index contributed by atoms with van der Waals surface area (Å²) in [4.78, 5) is 40.2. The van der Waals surface area contributed by atoms with E-state index in [1.807, 2.05) is 41.3 Å². The molecule has 2 N–H and O–H groups in total. The maximum Gasteiger partial charge on any atom is 0.252 e. The first-order chi connectivity index (χ1) is 16.1. The fraction of sp³-hybridized carbons (Fsp3) is 0.192. The molecule has 0 aromatic heterocycles. The van der Waals surface area contributed by atoms with Crippen LogP contribution in [0.15, 0.2) is 83.8 Å². The third-order valence-electron chi connectivity index (χ3n) is 5.40. The van der Waals surface area contributed by atoms with Crippen molar-refractivity contribution in [2.75, 3.05) is 30.3 Å². The minimum atomic E-state index is -0.231. The summed E-state index contributed by atoms with van der Waals surface area (Å²) in [5, 5.41) is 5.63. The molecule has 33 heavy (non-hydrogen) atoms. The number of thioether (sulfide) groups is 1. The molecule has 1 aliphatic heterocycles. The Kier molecular flexibility index (Phi) is 7.42. The molecule has 4 rings (SSSR count). The van der Waals surface area contributed by atoms with Crippen molar-refractivity contribution < 1.29 is 14.4 Å². The Morgan fingerprint density at radius 2 is 1.45 bits per heavy atom. The Morgan fingerprint density at radius 3 is 2.27 bits per heavy atom. The van der Waals surface area contributed by atoms with Crippen molar-refractivity contribution in [1.29, 1.82) is 0 Å². The van der Waals surface area contributed by atoms with Crippen LogP contribution >= 0.6 is 11.8 Å². The van der Waals surface area contributed by atoms with E-state index in [1.54, 1.807) is 36.4 Å². The summed E-state index contributed by atoms with van der Waals surface area (Å²) < 4.78 is 0. The average Bonchev–Trinajstić information content (AvgIpc) is 3.30. The van der Waals surface area contributed by atoms with Gasteiger partial charge in [0.25, 0.3) is 11.8 Å². The van der Waals surface area contributed by atoms with Crippen LogP contribution in [0.4, 0.5) is 5.69 Å². The molecule has 0 atom stereocenters. The number of benzene rings is 3. The molecule has 1 heterocycles. The predicted octanol–water partition coefficient (Wildman–Crippen LogP) is 3.53. The molecule has 0 spiro atoms. The van der Waals surface area contributed by atoms with Crippen LogP contribution < -0.4 is 15.5 Å². The molecule has 7 heteroatoms. The maximum atomic E-state index is 12.8. The molecular formula is C26H25N3O3S. The lowest BCUT2D eigenvalue weighted by molar-refractivity contribution is -0.116. The second-order valence-corrected chi connectivity index (χ2v) is 8.60. The first-order valence-electron chi connectivity index (χ1n) is 10.8. The normalized spacial score (nSPS) is 12.2. The van der Waals surface area contributed by atoms with Crippen molar-refractivity contribution >= 4 is 35.2 Å². The van der Waals surface area contributed by atoms with Gasteiger partial charge < -0.3 is 15.5 Å². The Labute approximate surface area is 197 Å². The van der Waals surface area contributed by atoms with E-state index >= 15 is 0 Å². The van der Waals surface area contributed by atoms with E-state index in [4.69, 9.17) is 0 Å². The van der Waals surface area contributed by atoms with E-state index in [0.717, 1.165) is 17.0 Å². The van der Waals surface area contributed by atoms with Gasteiger partial charge in [0.1, 0.15) is 0 Å². The molecule has 0 unspecified atom stereocenters. The SMILES string of the molecule is O=C(NCCNC(=O)c1ccccc1SCC(=O)N1CCc2ccccc21)c1ccccc1. The number of anilines is 1. The zero-order chi connectivity index (χ0) is 23.0. The summed E-state index contributed by atoms with van der Waals surface area (Å²) >= 11 is 1.36. The number of carbonyl (C=O) groups excluding carboxylic acids is 3. The van der Waals surface area contributed by atoms with Crippen molar-refractivity contribution in [3.63, 3.8) is 0 Å². The molecule has 3 amide bonds. The number of nitrogens with zero attached hydrogens (tertiary/aromatic N) is 1. The highest BCUT2D eigenvalue weighted by atomic mass is 32.2. The molecule has 3 aromatic carbocycles. The predicted molar refractivity (Wildman–Crippen MR) is 131 cm³/mol. The van der Waals surface area contributed by atoms with Gasteiger partial charge in [-0.1, -0.05) is 48.5 Å². The lowest BCUT2D eigenvalue weighted by Gasteiger charge is -2.17. The van der Waals surface area contributed by atoms with Gasteiger partial charge in [-0.2, -0.15) is 0 Å². The largest absolute Gasteiger partial charge is 0.350 e. The highest BCUT2D eigenvalue weighted by Crippen LogP contribution is 2.29. The Hall–Kier alpha value is -3.58. The van der Waals surface area contributed by atoms with E-state index in [2.05, 4.69) is 16.7 Å². The zero-order valence-electron chi connectivity index (χ0n) is 18.1. The molecule has 0 fully saturated rings. The number of amides is 3. The van der Waals surface area contributed by atoms with Gasteiger partial charge in [0.2, 0.25) is 5.91 Å². The molecule has 168 valence electrons. The summed E-state index contributed by atoms with van der Waals surface area (Å²) in [6.45, 7) is 1.32. The van der Waals surface area contributed by atoms with Crippen LogP contribution in [0.25, 0.3) is 0 Å². The highest BCUT2D eigenvalue weighted by Gasteiger charge is 2.24. The second-order valence-electron chi connectivity index (χ2n) is 7.59. The lowest BCUT2D eigenvalue weighted by atomic mass is 10.2. The molecule has 0 saturated carbocycles. The third-order valence-corrected chi connectivity index (χ3v) is 6.46. The van der Waals surface area contributed by atoms with Gasteiger partial charge in [-0.15, -0.1) is 11.8 Å². The number of rotatable bonds is 8. The molecule has 3 aromatic rings. The van der Waals surface area contributed by atoms with Crippen LogP contribution in [0.5, 0.6) is 0 Å². The fourth-order valence-corrected chi connectivity index (χ4v) is 4.66. The summed E-state index contributed by atoms with van der Waals surface area (Å²) in [6, 6.07) is 24.2. The first kappa shape index (κ1) is 22.6. The minimum Gasteiger partial charge on any atom is -0.350 e. The fourth-order valence-electron chi connectivity index (χ4n) is 3.73. The van der Waals surface area contributed by atoms with Crippen LogP contribution in [0.1, 0.15) is 26.3 Å². The van der Waals surface area contributed by atoms with Gasteiger partial charge >= 0.3 is 0 Å². The van der Waals surface area contributed by atoms with Gasteiger partial charge in [-0.05, 0) is 42.3 Å². The number of hydrogen-bond acceptors (Lipinski definition) is 4. The molecule has 6 nitrogen and oxygen atoms in total. The monoisotopic (exact) mass is 459 g/mol. The molecule has 1 aliphatic rings. The van der Waals surface area contributed by atoms with Crippen molar-refractivity contribution in [3.8, 4) is 0 Å². The third kappa shape index (κ3) is 5.62. The van der Waals surface area contributed by atoms with E-state index in [-0.39, 0.29) is 23.5 Å². The summed E-state index contributed by atoms with van der Waals surface area (Å²) in [6.07, 6.45) is 0.867. The number of carbonyl (C=O) groups is 3. The molecule has 0 radical (unpaired) electrons.